The van der Waals surface area contributed by atoms with Crippen LogP contribution >= 0.6 is 23.1 Å². The average Bonchev–Trinajstić information content (AvgIpc) is 3.63. The van der Waals surface area contributed by atoms with E-state index in [1.165, 1.54) is 11.8 Å². The van der Waals surface area contributed by atoms with Gasteiger partial charge in [0.15, 0.2) is 11.0 Å². The zero-order valence-corrected chi connectivity index (χ0v) is 19.8. The van der Waals surface area contributed by atoms with Crippen molar-refractivity contribution in [2.45, 2.75) is 31.1 Å². The predicted octanol–water partition coefficient (Wildman–Crippen LogP) is 5.50. The van der Waals surface area contributed by atoms with Crippen LogP contribution < -0.4 is 0 Å². The molecule has 6 nitrogen and oxygen atoms in total. The minimum atomic E-state index is -0.111. The van der Waals surface area contributed by atoms with Crippen molar-refractivity contribution in [1.29, 1.82) is 0 Å². The fourth-order valence-electron chi connectivity index (χ4n) is 3.94. The number of carbonyl (C=O) groups excluding carboxylic acids is 1. The van der Waals surface area contributed by atoms with Crippen LogP contribution in [0.4, 0.5) is 0 Å². The molecule has 2 aromatic heterocycles. The largest absolute Gasteiger partial charge is 0.302 e. The molecule has 0 saturated carbocycles. The summed E-state index contributed by atoms with van der Waals surface area (Å²) in [6.45, 7) is 2.80. The number of carbonyl (C=O) groups is 1. The molecule has 3 heterocycles. The Labute approximate surface area is 201 Å². The summed E-state index contributed by atoms with van der Waals surface area (Å²) in [5, 5.41) is 17.9. The highest BCUT2D eigenvalue weighted by Crippen LogP contribution is 2.34. The number of amides is 1. The van der Waals surface area contributed by atoms with E-state index in [4.69, 9.17) is 5.10 Å². The normalized spacial score (nSPS) is 15.6. The second-order valence-corrected chi connectivity index (χ2v) is 9.49. The van der Waals surface area contributed by atoms with E-state index >= 15 is 0 Å². The standard InChI is InChI=1S/C25H23N5OS2/c1-2-29-24(22-14-9-15-32-22)26-27-25(29)33-17-23(31)30-21(19-12-7-4-8-13-19)16-20(28-30)18-10-5-3-6-11-18/h3-15,21H,2,16-17H2,1H3. The Balaban J connectivity index is 1.37. The van der Waals surface area contributed by atoms with Crippen LogP contribution in [-0.2, 0) is 11.3 Å². The fourth-order valence-corrected chi connectivity index (χ4v) is 5.51. The molecular weight excluding hydrogens is 450 g/mol. The molecule has 0 bridgehead atoms. The Morgan fingerprint density at radius 1 is 1.03 bits per heavy atom. The number of aromatic nitrogens is 3. The smallest absolute Gasteiger partial charge is 0.253 e. The van der Waals surface area contributed by atoms with Gasteiger partial charge in [0.25, 0.3) is 5.91 Å². The summed E-state index contributed by atoms with van der Waals surface area (Å²) in [5.41, 5.74) is 3.06. The minimum absolute atomic E-state index is 0.0388. The maximum atomic E-state index is 13.4. The maximum absolute atomic E-state index is 13.4. The molecule has 1 atom stereocenters. The van der Waals surface area contributed by atoms with E-state index in [2.05, 4.69) is 33.8 Å². The van der Waals surface area contributed by atoms with Gasteiger partial charge >= 0.3 is 0 Å². The third-order valence-electron chi connectivity index (χ3n) is 5.56. The first-order chi connectivity index (χ1) is 16.2. The minimum Gasteiger partial charge on any atom is -0.302 e. The Bertz CT molecular complexity index is 1250. The number of thioether (sulfide) groups is 1. The van der Waals surface area contributed by atoms with E-state index in [1.807, 2.05) is 66.0 Å². The number of hydrazone groups is 1. The number of hydrogen-bond donors (Lipinski definition) is 0. The molecule has 33 heavy (non-hydrogen) atoms. The lowest BCUT2D eigenvalue weighted by Crippen LogP contribution is -2.28. The van der Waals surface area contributed by atoms with Crippen LogP contribution in [0.25, 0.3) is 10.7 Å². The first-order valence-corrected chi connectivity index (χ1v) is 12.7. The van der Waals surface area contributed by atoms with Crippen molar-refractivity contribution in [1.82, 2.24) is 19.8 Å². The quantitative estimate of drug-likeness (QED) is 0.333. The zero-order chi connectivity index (χ0) is 22.6. The highest BCUT2D eigenvalue weighted by molar-refractivity contribution is 7.99. The Morgan fingerprint density at radius 2 is 1.79 bits per heavy atom. The molecule has 1 aliphatic rings. The van der Waals surface area contributed by atoms with Gasteiger partial charge in [-0.1, -0.05) is 78.5 Å². The molecule has 0 N–H and O–H groups in total. The molecule has 0 spiro atoms. The SMILES string of the molecule is CCn1c(SCC(=O)N2N=C(c3ccccc3)CC2c2ccccc2)nnc1-c1cccs1. The summed E-state index contributed by atoms with van der Waals surface area (Å²) in [6.07, 6.45) is 0.693. The van der Waals surface area contributed by atoms with Crippen molar-refractivity contribution in [2.24, 2.45) is 5.10 Å². The molecule has 1 unspecified atom stereocenters. The van der Waals surface area contributed by atoms with Crippen LogP contribution in [0.15, 0.2) is 88.4 Å². The monoisotopic (exact) mass is 473 g/mol. The van der Waals surface area contributed by atoms with Gasteiger partial charge in [0.05, 0.1) is 22.4 Å². The van der Waals surface area contributed by atoms with E-state index in [0.717, 1.165) is 39.2 Å². The maximum Gasteiger partial charge on any atom is 0.253 e. The van der Waals surface area contributed by atoms with Gasteiger partial charge in [-0.05, 0) is 29.5 Å². The summed E-state index contributed by atoms with van der Waals surface area (Å²) >= 11 is 3.05. The average molecular weight is 474 g/mol. The molecule has 4 aromatic rings. The number of rotatable bonds is 7. The van der Waals surface area contributed by atoms with Gasteiger partial charge in [0.1, 0.15) is 0 Å². The molecule has 0 fully saturated rings. The van der Waals surface area contributed by atoms with Crippen molar-refractivity contribution >= 4 is 34.7 Å². The first-order valence-electron chi connectivity index (χ1n) is 10.8. The van der Waals surface area contributed by atoms with E-state index in [0.29, 0.717) is 6.42 Å². The molecule has 166 valence electrons. The van der Waals surface area contributed by atoms with Gasteiger partial charge < -0.3 is 4.57 Å². The molecule has 5 rings (SSSR count). The lowest BCUT2D eigenvalue weighted by Gasteiger charge is -2.21. The molecule has 1 aliphatic heterocycles. The molecule has 8 heteroatoms. The van der Waals surface area contributed by atoms with Gasteiger partial charge in [-0.25, -0.2) is 5.01 Å². The Kier molecular flexibility index (Phi) is 6.37. The van der Waals surface area contributed by atoms with E-state index in [-0.39, 0.29) is 17.7 Å². The molecule has 0 radical (unpaired) electrons. The summed E-state index contributed by atoms with van der Waals surface area (Å²) in [6, 6.07) is 24.1. The fraction of sp³-hybridized carbons (Fsp3) is 0.200. The van der Waals surface area contributed by atoms with Crippen molar-refractivity contribution in [3.63, 3.8) is 0 Å². The van der Waals surface area contributed by atoms with Crippen LogP contribution in [0.3, 0.4) is 0 Å². The van der Waals surface area contributed by atoms with E-state index in [1.54, 1.807) is 16.3 Å². The summed E-state index contributed by atoms with van der Waals surface area (Å²) in [4.78, 5) is 14.4. The molecular formula is C25H23N5OS2. The lowest BCUT2D eigenvalue weighted by molar-refractivity contribution is -0.130. The van der Waals surface area contributed by atoms with Crippen LogP contribution in [0.1, 0.15) is 30.5 Å². The summed E-state index contributed by atoms with van der Waals surface area (Å²) in [5.74, 6) is 1.05. The molecule has 0 aliphatic carbocycles. The molecule has 2 aromatic carbocycles. The predicted molar refractivity (Wildman–Crippen MR) is 133 cm³/mol. The van der Waals surface area contributed by atoms with Crippen molar-refractivity contribution in [3.05, 3.63) is 89.3 Å². The Morgan fingerprint density at radius 3 is 2.48 bits per heavy atom. The summed E-state index contributed by atoms with van der Waals surface area (Å²) in [7, 11) is 0. The topological polar surface area (TPSA) is 63.4 Å². The number of hydrogen-bond acceptors (Lipinski definition) is 6. The first kappa shape index (κ1) is 21.6. The van der Waals surface area contributed by atoms with Gasteiger partial charge in [-0.2, -0.15) is 5.10 Å². The highest BCUT2D eigenvalue weighted by atomic mass is 32.2. The van der Waals surface area contributed by atoms with Crippen LogP contribution in [0, 0.1) is 0 Å². The van der Waals surface area contributed by atoms with Crippen LogP contribution in [-0.4, -0.2) is 37.1 Å². The van der Waals surface area contributed by atoms with Gasteiger partial charge in [0, 0.05) is 13.0 Å². The second-order valence-electron chi connectivity index (χ2n) is 7.60. The molecule has 1 amide bonds. The second kappa shape index (κ2) is 9.72. The summed E-state index contributed by atoms with van der Waals surface area (Å²) < 4.78 is 2.06. The third kappa shape index (κ3) is 4.49. The van der Waals surface area contributed by atoms with Crippen molar-refractivity contribution in [2.75, 3.05) is 5.75 Å². The van der Waals surface area contributed by atoms with Gasteiger partial charge in [0.2, 0.25) is 0 Å². The number of benzene rings is 2. The molecule has 0 saturated heterocycles. The van der Waals surface area contributed by atoms with Crippen LogP contribution in [0.5, 0.6) is 0 Å². The number of nitrogens with zero attached hydrogens (tertiary/aromatic N) is 5. The Hall–Kier alpha value is -3.23. The zero-order valence-electron chi connectivity index (χ0n) is 18.2. The van der Waals surface area contributed by atoms with Gasteiger partial charge in [-0.15, -0.1) is 21.5 Å². The van der Waals surface area contributed by atoms with Crippen LogP contribution in [0.2, 0.25) is 0 Å². The highest BCUT2D eigenvalue weighted by Gasteiger charge is 2.33. The van der Waals surface area contributed by atoms with Crippen molar-refractivity contribution < 1.29 is 4.79 Å². The van der Waals surface area contributed by atoms with Crippen molar-refractivity contribution in [3.8, 4) is 10.7 Å². The number of thiophene rings is 1. The van der Waals surface area contributed by atoms with Gasteiger partial charge in [-0.3, -0.25) is 4.79 Å². The van der Waals surface area contributed by atoms with E-state index in [9.17, 15) is 4.79 Å². The van der Waals surface area contributed by atoms with E-state index < -0.39 is 0 Å². The third-order valence-corrected chi connectivity index (χ3v) is 7.37. The lowest BCUT2D eigenvalue weighted by atomic mass is 9.98.